The van der Waals surface area contributed by atoms with Crippen LogP contribution in [0.1, 0.15) is 28.3 Å². The molecule has 0 spiro atoms. The molecule has 1 atom stereocenters. The van der Waals surface area contributed by atoms with Crippen LogP contribution in [0.3, 0.4) is 0 Å². The fourth-order valence-electron chi connectivity index (χ4n) is 2.63. The van der Waals surface area contributed by atoms with Gasteiger partial charge in [-0.1, -0.05) is 35.9 Å². The Labute approximate surface area is 124 Å². The second-order valence-corrected chi connectivity index (χ2v) is 5.49. The predicted octanol–water partition coefficient (Wildman–Crippen LogP) is 4.60. The third kappa shape index (κ3) is 3.20. The lowest BCUT2D eigenvalue weighted by Crippen LogP contribution is -2.21. The van der Waals surface area contributed by atoms with Crippen molar-refractivity contribution in [3.63, 3.8) is 0 Å². The number of rotatable bonds is 4. The van der Waals surface area contributed by atoms with Crippen LogP contribution in [0.25, 0.3) is 0 Å². The van der Waals surface area contributed by atoms with Crippen molar-refractivity contribution in [2.75, 3.05) is 7.05 Å². The molecule has 106 valence electrons. The number of aryl methyl sites for hydroxylation is 2. The number of halogens is 2. The zero-order valence-electron chi connectivity index (χ0n) is 12.0. The summed E-state index contributed by atoms with van der Waals surface area (Å²) >= 11 is 6.13. The van der Waals surface area contributed by atoms with E-state index in [1.165, 1.54) is 28.8 Å². The van der Waals surface area contributed by atoms with Gasteiger partial charge in [-0.3, -0.25) is 0 Å². The Balaban J connectivity index is 2.34. The van der Waals surface area contributed by atoms with Crippen molar-refractivity contribution in [1.82, 2.24) is 5.32 Å². The van der Waals surface area contributed by atoms with E-state index in [1.807, 2.05) is 7.05 Å². The molecule has 2 aromatic rings. The van der Waals surface area contributed by atoms with Crippen LogP contribution in [-0.4, -0.2) is 7.05 Å². The molecule has 0 heterocycles. The van der Waals surface area contributed by atoms with E-state index in [9.17, 15) is 4.39 Å². The van der Waals surface area contributed by atoms with Gasteiger partial charge < -0.3 is 5.32 Å². The van der Waals surface area contributed by atoms with E-state index in [2.05, 4.69) is 37.4 Å². The van der Waals surface area contributed by atoms with E-state index in [1.54, 1.807) is 6.07 Å². The van der Waals surface area contributed by atoms with Gasteiger partial charge >= 0.3 is 0 Å². The first-order valence-corrected chi connectivity index (χ1v) is 7.08. The second kappa shape index (κ2) is 6.38. The molecule has 1 unspecified atom stereocenters. The molecule has 0 aliphatic carbocycles. The standard InChI is InChI=1S/C17H19ClFN/c1-11-5-4-6-12(2)17(11)16(20-3)9-13-7-8-14(19)10-15(13)18/h4-8,10,16,20H,9H2,1-3H3. The number of hydrogen-bond donors (Lipinski definition) is 1. The minimum absolute atomic E-state index is 0.166. The van der Waals surface area contributed by atoms with Crippen molar-refractivity contribution in [2.45, 2.75) is 26.3 Å². The van der Waals surface area contributed by atoms with Gasteiger partial charge in [0.25, 0.3) is 0 Å². The van der Waals surface area contributed by atoms with Crippen LogP contribution in [-0.2, 0) is 6.42 Å². The van der Waals surface area contributed by atoms with Crippen LogP contribution in [0.2, 0.25) is 5.02 Å². The Morgan fingerprint density at radius 3 is 2.35 bits per heavy atom. The van der Waals surface area contributed by atoms with E-state index < -0.39 is 0 Å². The van der Waals surface area contributed by atoms with Gasteiger partial charge in [0.2, 0.25) is 0 Å². The number of likely N-dealkylation sites (N-methyl/N-ethyl adjacent to an activating group) is 1. The number of benzene rings is 2. The lowest BCUT2D eigenvalue weighted by atomic mass is 9.92. The van der Waals surface area contributed by atoms with E-state index in [-0.39, 0.29) is 11.9 Å². The molecule has 0 saturated carbocycles. The highest BCUT2D eigenvalue weighted by Gasteiger charge is 2.16. The van der Waals surface area contributed by atoms with Crippen LogP contribution in [0.4, 0.5) is 4.39 Å². The third-order valence-electron chi connectivity index (χ3n) is 3.68. The highest BCUT2D eigenvalue weighted by atomic mass is 35.5. The molecule has 0 fully saturated rings. The molecule has 1 N–H and O–H groups in total. The van der Waals surface area contributed by atoms with Crippen LogP contribution >= 0.6 is 11.6 Å². The summed E-state index contributed by atoms with van der Waals surface area (Å²) in [5.74, 6) is -0.299. The van der Waals surface area contributed by atoms with Gasteiger partial charge in [0.05, 0.1) is 0 Å². The summed E-state index contributed by atoms with van der Waals surface area (Å²) in [6, 6.07) is 11.0. The van der Waals surface area contributed by atoms with Gasteiger partial charge in [-0.05, 0) is 61.7 Å². The summed E-state index contributed by atoms with van der Waals surface area (Å²) < 4.78 is 13.1. The van der Waals surface area contributed by atoms with Gasteiger partial charge in [-0.2, -0.15) is 0 Å². The molecule has 2 rings (SSSR count). The molecule has 0 amide bonds. The number of nitrogens with one attached hydrogen (secondary N) is 1. The van der Waals surface area contributed by atoms with Gasteiger partial charge in [-0.15, -0.1) is 0 Å². The molecule has 0 aliphatic rings. The highest BCUT2D eigenvalue weighted by Crippen LogP contribution is 2.28. The summed E-state index contributed by atoms with van der Waals surface area (Å²) in [5.41, 5.74) is 4.75. The smallest absolute Gasteiger partial charge is 0.124 e. The summed E-state index contributed by atoms with van der Waals surface area (Å²) in [4.78, 5) is 0. The van der Waals surface area contributed by atoms with Gasteiger partial charge in [0.15, 0.2) is 0 Å². The molecule has 0 bridgehead atoms. The van der Waals surface area contributed by atoms with Gasteiger partial charge in [0.1, 0.15) is 5.82 Å². The van der Waals surface area contributed by atoms with Crippen molar-refractivity contribution in [1.29, 1.82) is 0 Å². The predicted molar refractivity (Wildman–Crippen MR) is 82.8 cm³/mol. The molecule has 20 heavy (non-hydrogen) atoms. The first-order valence-electron chi connectivity index (χ1n) is 6.70. The fraction of sp³-hybridized carbons (Fsp3) is 0.294. The molecule has 0 radical (unpaired) electrons. The minimum Gasteiger partial charge on any atom is -0.313 e. The van der Waals surface area contributed by atoms with Crippen molar-refractivity contribution in [3.8, 4) is 0 Å². The van der Waals surface area contributed by atoms with Crippen molar-refractivity contribution >= 4 is 11.6 Å². The van der Waals surface area contributed by atoms with Crippen LogP contribution in [0.5, 0.6) is 0 Å². The second-order valence-electron chi connectivity index (χ2n) is 5.09. The normalized spacial score (nSPS) is 12.4. The summed E-state index contributed by atoms with van der Waals surface area (Å²) in [7, 11) is 1.94. The third-order valence-corrected chi connectivity index (χ3v) is 4.03. The minimum atomic E-state index is -0.299. The SMILES string of the molecule is CNC(Cc1ccc(F)cc1Cl)c1c(C)cccc1C. The Morgan fingerprint density at radius 1 is 1.15 bits per heavy atom. The quantitative estimate of drug-likeness (QED) is 0.868. The molecule has 0 saturated heterocycles. The first kappa shape index (κ1) is 15.0. The molecular formula is C17H19ClFN. The zero-order valence-corrected chi connectivity index (χ0v) is 12.8. The number of hydrogen-bond acceptors (Lipinski definition) is 1. The maximum absolute atomic E-state index is 13.1. The van der Waals surface area contributed by atoms with E-state index in [0.717, 1.165) is 12.0 Å². The van der Waals surface area contributed by atoms with E-state index in [4.69, 9.17) is 11.6 Å². The Bertz CT molecular complexity index is 590. The summed E-state index contributed by atoms with van der Waals surface area (Å²) in [6.07, 6.45) is 0.737. The fourth-order valence-corrected chi connectivity index (χ4v) is 2.88. The molecule has 0 aromatic heterocycles. The topological polar surface area (TPSA) is 12.0 Å². The highest BCUT2D eigenvalue weighted by molar-refractivity contribution is 6.31. The average molecular weight is 292 g/mol. The molecule has 3 heteroatoms. The monoisotopic (exact) mass is 291 g/mol. The molecule has 1 nitrogen and oxygen atoms in total. The lowest BCUT2D eigenvalue weighted by Gasteiger charge is -2.22. The van der Waals surface area contributed by atoms with E-state index >= 15 is 0 Å². The van der Waals surface area contributed by atoms with Crippen LogP contribution in [0, 0.1) is 19.7 Å². The van der Waals surface area contributed by atoms with Crippen molar-refractivity contribution in [2.24, 2.45) is 0 Å². The Morgan fingerprint density at radius 2 is 1.80 bits per heavy atom. The summed E-state index contributed by atoms with van der Waals surface area (Å²) in [5, 5.41) is 3.82. The average Bonchev–Trinajstić information content (AvgIpc) is 2.39. The van der Waals surface area contributed by atoms with Crippen molar-refractivity contribution in [3.05, 3.63) is 69.5 Å². The maximum Gasteiger partial charge on any atom is 0.124 e. The first-order chi connectivity index (χ1) is 9.52. The van der Waals surface area contributed by atoms with Crippen LogP contribution < -0.4 is 5.32 Å². The molecule has 2 aromatic carbocycles. The summed E-state index contributed by atoms with van der Waals surface area (Å²) in [6.45, 7) is 4.22. The zero-order chi connectivity index (χ0) is 14.7. The van der Waals surface area contributed by atoms with Crippen molar-refractivity contribution < 1.29 is 4.39 Å². The van der Waals surface area contributed by atoms with Gasteiger partial charge in [-0.25, -0.2) is 4.39 Å². The maximum atomic E-state index is 13.1. The molecule has 0 aliphatic heterocycles. The Kier molecular flexibility index (Phi) is 4.79. The lowest BCUT2D eigenvalue weighted by molar-refractivity contribution is 0.583. The largest absolute Gasteiger partial charge is 0.313 e. The molecular weight excluding hydrogens is 273 g/mol. The Hall–Kier alpha value is -1.38. The van der Waals surface area contributed by atoms with Crippen LogP contribution in [0.15, 0.2) is 36.4 Å². The van der Waals surface area contributed by atoms with E-state index in [0.29, 0.717) is 5.02 Å². The van der Waals surface area contributed by atoms with Gasteiger partial charge in [0, 0.05) is 11.1 Å².